The molecule has 10 heteroatoms. The van der Waals surface area contributed by atoms with Crippen LogP contribution in [0.2, 0.25) is 5.02 Å². The zero-order chi connectivity index (χ0) is 29.3. The van der Waals surface area contributed by atoms with E-state index in [9.17, 15) is 4.79 Å². The van der Waals surface area contributed by atoms with E-state index in [-0.39, 0.29) is 5.91 Å². The average Bonchev–Trinajstić information content (AvgIpc) is 3.25. The van der Waals surface area contributed by atoms with E-state index < -0.39 is 5.41 Å². The van der Waals surface area contributed by atoms with Crippen molar-refractivity contribution in [2.45, 2.75) is 51.0 Å². The van der Waals surface area contributed by atoms with Crippen LogP contribution in [0, 0.1) is 0 Å². The zero-order valence-electron chi connectivity index (χ0n) is 24.6. The quantitative estimate of drug-likeness (QED) is 0.370. The molecular formula is C32H39ClN6O3. The van der Waals surface area contributed by atoms with Crippen LogP contribution in [0.3, 0.4) is 0 Å². The molecule has 9 nitrogen and oxygen atoms in total. The fourth-order valence-electron chi connectivity index (χ4n) is 6.43. The van der Waals surface area contributed by atoms with Crippen molar-refractivity contribution in [3.8, 4) is 5.75 Å². The molecule has 3 aliphatic rings. The molecule has 3 aliphatic heterocycles. The summed E-state index contributed by atoms with van der Waals surface area (Å²) in [5.74, 6) is 1.22. The minimum Gasteiger partial charge on any atom is -0.494 e. The summed E-state index contributed by atoms with van der Waals surface area (Å²) in [6, 6.07) is 12.9. The molecule has 1 amide bonds. The fourth-order valence-corrected chi connectivity index (χ4v) is 6.62. The second kappa shape index (κ2) is 12.1. The molecule has 0 radical (unpaired) electrons. The van der Waals surface area contributed by atoms with Gasteiger partial charge >= 0.3 is 0 Å². The molecule has 1 aromatic heterocycles. The predicted molar refractivity (Wildman–Crippen MR) is 166 cm³/mol. The lowest BCUT2D eigenvalue weighted by atomic mass is 9.82. The number of hydrogen-bond donors (Lipinski definition) is 2. The third-order valence-corrected chi connectivity index (χ3v) is 9.17. The van der Waals surface area contributed by atoms with Crippen LogP contribution in [0.1, 0.15) is 43.5 Å². The highest BCUT2D eigenvalue weighted by molar-refractivity contribution is 6.31. The maximum atomic E-state index is 12.5. The van der Waals surface area contributed by atoms with Crippen molar-refractivity contribution in [3.05, 3.63) is 64.4 Å². The number of fused-ring (bicyclic) bond motifs is 1. The maximum Gasteiger partial charge on any atom is 0.234 e. The number of hydrogen-bond acceptors (Lipinski definition) is 8. The van der Waals surface area contributed by atoms with Crippen LogP contribution < -0.4 is 20.3 Å². The van der Waals surface area contributed by atoms with Crippen molar-refractivity contribution >= 4 is 40.5 Å². The third-order valence-electron chi connectivity index (χ3n) is 8.86. The molecule has 0 saturated carbocycles. The number of nitrogens with zero attached hydrogens (tertiary/aromatic N) is 4. The number of ether oxygens (including phenoxy) is 2. The van der Waals surface area contributed by atoms with Gasteiger partial charge in [-0.15, -0.1) is 0 Å². The Labute approximate surface area is 252 Å². The number of amides is 1. The number of aryl methyl sites for hydroxylation is 2. The number of halogens is 1. The molecule has 4 heterocycles. The van der Waals surface area contributed by atoms with E-state index in [0.717, 1.165) is 91.9 Å². The number of piperazine rings is 1. The lowest BCUT2D eigenvalue weighted by Crippen LogP contribution is -2.51. The number of carbonyl (C=O) groups is 1. The normalized spacial score (nSPS) is 19.0. The summed E-state index contributed by atoms with van der Waals surface area (Å²) < 4.78 is 11.3. The molecule has 42 heavy (non-hydrogen) atoms. The van der Waals surface area contributed by atoms with Crippen LogP contribution >= 0.6 is 11.6 Å². The fraction of sp³-hybridized carbons (Fsp3) is 0.469. The number of methoxy groups -OCH3 is 1. The zero-order valence-corrected chi connectivity index (χ0v) is 25.3. The Hall–Kier alpha value is -3.40. The largest absolute Gasteiger partial charge is 0.494 e. The van der Waals surface area contributed by atoms with Crippen molar-refractivity contribution < 1.29 is 14.3 Å². The van der Waals surface area contributed by atoms with E-state index in [0.29, 0.717) is 29.9 Å². The van der Waals surface area contributed by atoms with Gasteiger partial charge in [0.05, 0.1) is 35.1 Å². The first-order valence-electron chi connectivity index (χ1n) is 14.8. The molecule has 0 unspecified atom stereocenters. The van der Waals surface area contributed by atoms with Crippen LogP contribution in [0.5, 0.6) is 5.75 Å². The first-order valence-corrected chi connectivity index (χ1v) is 15.2. The number of nitrogens with one attached hydrogen (secondary N) is 2. The smallest absolute Gasteiger partial charge is 0.234 e. The van der Waals surface area contributed by atoms with Gasteiger partial charge in [-0.05, 0) is 68.9 Å². The molecule has 0 spiro atoms. The van der Waals surface area contributed by atoms with E-state index in [1.807, 2.05) is 32.0 Å². The lowest BCUT2D eigenvalue weighted by Gasteiger charge is -2.41. The molecule has 0 aliphatic carbocycles. The molecule has 2 aromatic carbocycles. The summed E-state index contributed by atoms with van der Waals surface area (Å²) in [5.41, 5.74) is 5.17. The molecule has 6 rings (SSSR count). The van der Waals surface area contributed by atoms with Crippen molar-refractivity contribution in [3.63, 3.8) is 0 Å². The van der Waals surface area contributed by atoms with Gasteiger partial charge < -0.3 is 25.0 Å². The molecule has 222 valence electrons. The number of anilines is 4. The molecule has 0 bridgehead atoms. The highest BCUT2D eigenvalue weighted by atomic mass is 35.5. The summed E-state index contributed by atoms with van der Waals surface area (Å²) >= 11 is 6.53. The van der Waals surface area contributed by atoms with Crippen LogP contribution in [-0.2, 0) is 27.8 Å². The second-order valence-corrected chi connectivity index (χ2v) is 12.2. The van der Waals surface area contributed by atoms with Crippen LogP contribution in [0.4, 0.5) is 23.0 Å². The molecule has 3 aromatic rings. The van der Waals surface area contributed by atoms with Crippen LogP contribution in [-0.4, -0.2) is 73.3 Å². The number of carbonyl (C=O) groups excluding carboxylic acids is 1. The van der Waals surface area contributed by atoms with E-state index in [1.54, 1.807) is 13.3 Å². The Morgan fingerprint density at radius 2 is 1.90 bits per heavy atom. The molecule has 2 fully saturated rings. The van der Waals surface area contributed by atoms with Gasteiger partial charge in [0, 0.05) is 62.9 Å². The van der Waals surface area contributed by atoms with Crippen molar-refractivity contribution in [1.82, 2.24) is 14.9 Å². The van der Waals surface area contributed by atoms with Crippen LogP contribution in [0.25, 0.3) is 0 Å². The van der Waals surface area contributed by atoms with Gasteiger partial charge in [0.25, 0.3) is 0 Å². The van der Waals surface area contributed by atoms with Crippen molar-refractivity contribution in [2.24, 2.45) is 0 Å². The highest BCUT2D eigenvalue weighted by Crippen LogP contribution is 2.40. The van der Waals surface area contributed by atoms with Crippen molar-refractivity contribution in [2.75, 3.05) is 62.0 Å². The van der Waals surface area contributed by atoms with Gasteiger partial charge in [0.1, 0.15) is 5.75 Å². The third kappa shape index (κ3) is 5.78. The van der Waals surface area contributed by atoms with Crippen LogP contribution in [0.15, 0.2) is 42.6 Å². The maximum absolute atomic E-state index is 12.5. The van der Waals surface area contributed by atoms with E-state index in [4.69, 9.17) is 26.1 Å². The number of rotatable bonds is 8. The summed E-state index contributed by atoms with van der Waals surface area (Å²) in [5, 5.41) is 6.85. The molecule has 2 N–H and O–H groups in total. The van der Waals surface area contributed by atoms with Gasteiger partial charge in [-0.2, -0.15) is 0 Å². The van der Waals surface area contributed by atoms with Gasteiger partial charge in [-0.25, -0.2) is 9.97 Å². The highest BCUT2D eigenvalue weighted by Gasteiger charge is 2.39. The number of aromatic nitrogens is 2. The Bertz CT molecular complexity index is 1450. The predicted octanol–water partition coefficient (Wildman–Crippen LogP) is 5.20. The van der Waals surface area contributed by atoms with Gasteiger partial charge in [0.2, 0.25) is 11.9 Å². The second-order valence-electron chi connectivity index (χ2n) is 11.8. The summed E-state index contributed by atoms with van der Waals surface area (Å²) in [4.78, 5) is 26.7. The first-order chi connectivity index (χ1) is 20.3. The first kappa shape index (κ1) is 28.7. The standard InChI is InChI=1S/C32H39ClN6O3/c1-32(2)29-21(5-4-6-27(29)35-30(32)40)7-9-25-24(33)20-34-31(36-25)37-26-10-8-23(19-28(26)41-3)39-15-13-38(14-16-39)22-11-17-42-18-12-22/h4-6,8,10,19-20,22H,7,9,11-18H2,1-3H3,(H,35,40)(H,34,36,37). The van der Waals surface area contributed by atoms with E-state index >= 15 is 0 Å². The SMILES string of the molecule is COc1cc(N2CCN(C3CCOCC3)CC2)ccc1Nc1ncc(Cl)c(CCc2cccc3c2C(C)(C)C(=O)N3)n1. The molecule has 0 atom stereocenters. The summed E-state index contributed by atoms with van der Waals surface area (Å²) in [6.07, 6.45) is 5.22. The van der Waals surface area contributed by atoms with Crippen molar-refractivity contribution in [1.29, 1.82) is 0 Å². The monoisotopic (exact) mass is 590 g/mol. The average molecular weight is 591 g/mol. The van der Waals surface area contributed by atoms with Gasteiger partial charge in [-0.1, -0.05) is 23.7 Å². The minimum atomic E-state index is -0.574. The Balaban J connectivity index is 1.12. The lowest BCUT2D eigenvalue weighted by molar-refractivity contribution is -0.119. The van der Waals surface area contributed by atoms with Gasteiger partial charge in [-0.3, -0.25) is 9.69 Å². The summed E-state index contributed by atoms with van der Waals surface area (Å²) in [6.45, 7) is 9.78. The van der Waals surface area contributed by atoms with E-state index in [2.05, 4.69) is 43.6 Å². The molecular weight excluding hydrogens is 552 g/mol. The Morgan fingerprint density at radius 1 is 1.12 bits per heavy atom. The Kier molecular flexibility index (Phi) is 8.25. The Morgan fingerprint density at radius 3 is 2.67 bits per heavy atom. The topological polar surface area (TPSA) is 91.9 Å². The van der Waals surface area contributed by atoms with Gasteiger partial charge in [0.15, 0.2) is 0 Å². The summed E-state index contributed by atoms with van der Waals surface area (Å²) in [7, 11) is 1.68. The molecule has 2 saturated heterocycles. The van der Waals surface area contributed by atoms with E-state index in [1.165, 1.54) is 0 Å². The minimum absolute atomic E-state index is 0.0220. The number of benzene rings is 2.